The molecule has 0 heterocycles. The van der Waals surface area contributed by atoms with Crippen LogP contribution in [0.2, 0.25) is 0 Å². The average molecular weight is 231 g/mol. The van der Waals surface area contributed by atoms with E-state index in [0.29, 0.717) is 0 Å². The summed E-state index contributed by atoms with van der Waals surface area (Å²) in [6.45, 7) is 0. The minimum absolute atomic E-state index is 0.902. The monoisotopic (exact) mass is 230 g/mol. The molecule has 1 heteroatoms. The van der Waals surface area contributed by atoms with Crippen molar-refractivity contribution in [2.24, 2.45) is 0 Å². The first-order valence-electron chi connectivity index (χ1n) is 3.97. The third kappa shape index (κ3) is 1.34. The van der Waals surface area contributed by atoms with Crippen LogP contribution in [-0.2, 0) is 0 Å². The lowest BCUT2D eigenvalue weighted by Gasteiger charge is -2.01. The Labute approximate surface area is 85.7 Å². The number of halogens is 1. The summed E-state index contributed by atoms with van der Waals surface area (Å²) in [5, 5.41) is 2.37. The van der Waals surface area contributed by atoms with Crippen LogP contribution in [0.4, 0.5) is 0 Å². The number of hydrogen-bond donors (Lipinski definition) is 0. The molecule has 13 heavy (non-hydrogen) atoms. The molecule has 0 bridgehead atoms. The highest BCUT2D eigenvalue weighted by molar-refractivity contribution is 9.10. The van der Waals surface area contributed by atoms with Crippen LogP contribution < -0.4 is 0 Å². The molecule has 2 aromatic rings. The standard InChI is InChI=1S/C12H7Br/c1-2-9-7-8-10-5-3-4-6-11(10)12(9)13/h1,3-8H. The average Bonchev–Trinajstić information content (AvgIpc) is 2.19. The van der Waals surface area contributed by atoms with Crippen molar-refractivity contribution in [1.82, 2.24) is 0 Å². The van der Waals surface area contributed by atoms with E-state index in [4.69, 9.17) is 6.42 Å². The second kappa shape index (κ2) is 3.24. The molecule has 0 aromatic heterocycles. The van der Waals surface area contributed by atoms with Gasteiger partial charge in [-0.15, -0.1) is 6.42 Å². The highest BCUT2D eigenvalue weighted by atomic mass is 79.9. The van der Waals surface area contributed by atoms with Gasteiger partial charge in [0.25, 0.3) is 0 Å². The second-order valence-electron chi connectivity index (χ2n) is 2.79. The molecular formula is C12H7Br. The molecule has 2 aromatic carbocycles. The number of terminal acetylenes is 1. The third-order valence-electron chi connectivity index (χ3n) is 2.02. The first-order valence-corrected chi connectivity index (χ1v) is 4.76. The van der Waals surface area contributed by atoms with Crippen molar-refractivity contribution in [2.45, 2.75) is 0 Å². The lowest BCUT2D eigenvalue weighted by atomic mass is 10.1. The minimum Gasteiger partial charge on any atom is -0.115 e. The number of rotatable bonds is 0. The van der Waals surface area contributed by atoms with Crippen molar-refractivity contribution in [3.63, 3.8) is 0 Å². The molecule has 0 amide bonds. The van der Waals surface area contributed by atoms with Gasteiger partial charge in [-0.2, -0.15) is 0 Å². The second-order valence-corrected chi connectivity index (χ2v) is 3.59. The Balaban J connectivity index is 2.89. The van der Waals surface area contributed by atoms with Gasteiger partial charge in [0.2, 0.25) is 0 Å². The van der Waals surface area contributed by atoms with Crippen molar-refractivity contribution < 1.29 is 0 Å². The van der Waals surface area contributed by atoms with E-state index in [-0.39, 0.29) is 0 Å². The van der Waals surface area contributed by atoms with Crippen molar-refractivity contribution in [3.8, 4) is 12.3 Å². The van der Waals surface area contributed by atoms with Gasteiger partial charge in [-0.05, 0) is 32.8 Å². The zero-order valence-electron chi connectivity index (χ0n) is 6.92. The van der Waals surface area contributed by atoms with Crippen LogP contribution in [0.25, 0.3) is 10.8 Å². The van der Waals surface area contributed by atoms with Crippen molar-refractivity contribution in [2.75, 3.05) is 0 Å². The Morgan fingerprint density at radius 3 is 2.62 bits per heavy atom. The summed E-state index contributed by atoms with van der Waals surface area (Å²) in [4.78, 5) is 0. The third-order valence-corrected chi connectivity index (χ3v) is 2.87. The summed E-state index contributed by atoms with van der Waals surface area (Å²) >= 11 is 3.50. The van der Waals surface area contributed by atoms with Crippen molar-refractivity contribution in [1.29, 1.82) is 0 Å². The predicted octanol–water partition coefficient (Wildman–Crippen LogP) is 3.58. The molecule has 0 fully saturated rings. The number of hydrogen-bond acceptors (Lipinski definition) is 0. The Morgan fingerprint density at radius 1 is 1.08 bits per heavy atom. The highest BCUT2D eigenvalue weighted by Gasteiger charge is 2.01. The minimum atomic E-state index is 0.902. The Kier molecular flexibility index (Phi) is 2.08. The molecule has 0 saturated carbocycles. The van der Waals surface area contributed by atoms with Crippen LogP contribution in [0.1, 0.15) is 5.56 Å². The SMILES string of the molecule is C#Cc1ccc2ccccc2c1Br. The molecule has 0 aliphatic rings. The molecular weight excluding hydrogens is 224 g/mol. The van der Waals surface area contributed by atoms with E-state index in [0.717, 1.165) is 15.4 Å². The van der Waals surface area contributed by atoms with Gasteiger partial charge in [-0.25, -0.2) is 0 Å². The van der Waals surface area contributed by atoms with Crippen LogP contribution in [-0.4, -0.2) is 0 Å². The van der Waals surface area contributed by atoms with Gasteiger partial charge >= 0.3 is 0 Å². The normalized spacial score (nSPS) is 9.85. The molecule has 0 aliphatic heterocycles. The maximum Gasteiger partial charge on any atom is 0.0410 e. The zero-order chi connectivity index (χ0) is 9.26. The predicted molar refractivity (Wildman–Crippen MR) is 59.6 cm³/mol. The van der Waals surface area contributed by atoms with Crippen LogP contribution in [0.5, 0.6) is 0 Å². The highest BCUT2D eigenvalue weighted by Crippen LogP contribution is 2.26. The fraction of sp³-hybridized carbons (Fsp3) is 0. The quantitative estimate of drug-likeness (QED) is 0.608. The Bertz CT molecular complexity index is 492. The molecule has 62 valence electrons. The van der Waals surface area contributed by atoms with Gasteiger partial charge in [0, 0.05) is 10.0 Å². The maximum absolute atomic E-state index is 5.36. The van der Waals surface area contributed by atoms with Gasteiger partial charge in [0.05, 0.1) is 0 Å². The fourth-order valence-corrected chi connectivity index (χ4v) is 1.95. The summed E-state index contributed by atoms with van der Waals surface area (Å²) in [6.07, 6.45) is 5.36. The molecule has 0 saturated heterocycles. The summed E-state index contributed by atoms with van der Waals surface area (Å²) in [6, 6.07) is 12.1. The smallest absolute Gasteiger partial charge is 0.0410 e. The maximum atomic E-state index is 5.36. The first-order chi connectivity index (χ1) is 6.33. The summed E-state index contributed by atoms with van der Waals surface area (Å²) in [7, 11) is 0. The first kappa shape index (κ1) is 8.34. The van der Waals surface area contributed by atoms with Gasteiger partial charge in [0.1, 0.15) is 0 Å². The largest absolute Gasteiger partial charge is 0.115 e. The van der Waals surface area contributed by atoms with E-state index in [1.165, 1.54) is 5.39 Å². The van der Waals surface area contributed by atoms with Crippen molar-refractivity contribution >= 4 is 26.7 Å². The van der Waals surface area contributed by atoms with E-state index in [1.807, 2.05) is 24.3 Å². The molecule has 0 spiro atoms. The molecule has 2 rings (SSSR count). The Hall–Kier alpha value is -1.26. The van der Waals surface area contributed by atoms with Gasteiger partial charge < -0.3 is 0 Å². The Morgan fingerprint density at radius 2 is 1.85 bits per heavy atom. The molecule has 0 aliphatic carbocycles. The number of fused-ring (bicyclic) bond motifs is 1. The van der Waals surface area contributed by atoms with Crippen LogP contribution in [0.3, 0.4) is 0 Å². The van der Waals surface area contributed by atoms with Crippen LogP contribution in [0.15, 0.2) is 40.9 Å². The van der Waals surface area contributed by atoms with Crippen LogP contribution >= 0.6 is 15.9 Å². The molecule has 0 radical (unpaired) electrons. The lowest BCUT2D eigenvalue weighted by Crippen LogP contribution is -1.79. The van der Waals surface area contributed by atoms with Gasteiger partial charge in [0.15, 0.2) is 0 Å². The topological polar surface area (TPSA) is 0 Å². The molecule has 0 nitrogen and oxygen atoms in total. The van der Waals surface area contributed by atoms with Crippen LogP contribution in [0, 0.1) is 12.3 Å². The van der Waals surface area contributed by atoms with E-state index >= 15 is 0 Å². The van der Waals surface area contributed by atoms with E-state index in [1.54, 1.807) is 0 Å². The summed E-state index contributed by atoms with van der Waals surface area (Å²) in [5.41, 5.74) is 0.902. The van der Waals surface area contributed by atoms with Crippen molar-refractivity contribution in [3.05, 3.63) is 46.4 Å². The lowest BCUT2D eigenvalue weighted by molar-refractivity contribution is 1.65. The summed E-state index contributed by atoms with van der Waals surface area (Å²) < 4.78 is 1.01. The fourth-order valence-electron chi connectivity index (χ4n) is 1.35. The molecule has 0 unspecified atom stereocenters. The zero-order valence-corrected chi connectivity index (χ0v) is 8.51. The number of benzene rings is 2. The molecule has 0 N–H and O–H groups in total. The van der Waals surface area contributed by atoms with E-state index < -0.39 is 0 Å². The van der Waals surface area contributed by atoms with E-state index in [2.05, 4.69) is 34.0 Å². The van der Waals surface area contributed by atoms with Gasteiger partial charge in [-0.3, -0.25) is 0 Å². The molecule has 0 atom stereocenters. The van der Waals surface area contributed by atoms with Gasteiger partial charge in [-0.1, -0.05) is 36.3 Å². The van der Waals surface area contributed by atoms with E-state index in [9.17, 15) is 0 Å². The summed E-state index contributed by atoms with van der Waals surface area (Å²) in [5.74, 6) is 2.64.